The van der Waals surface area contributed by atoms with Gasteiger partial charge >= 0.3 is 5.69 Å². The van der Waals surface area contributed by atoms with Crippen molar-refractivity contribution in [2.45, 2.75) is 12.3 Å². The fourth-order valence-corrected chi connectivity index (χ4v) is 4.21. The summed E-state index contributed by atoms with van der Waals surface area (Å²) in [5.74, 6) is 0. The summed E-state index contributed by atoms with van der Waals surface area (Å²) < 4.78 is 3.26. The van der Waals surface area contributed by atoms with Crippen molar-refractivity contribution in [3.8, 4) is 0 Å². The van der Waals surface area contributed by atoms with Crippen molar-refractivity contribution in [2.75, 3.05) is 0 Å². The average molecular weight is 341 g/mol. The molecule has 0 saturated carbocycles. The van der Waals surface area contributed by atoms with Crippen LogP contribution in [0.3, 0.4) is 0 Å². The van der Waals surface area contributed by atoms with Gasteiger partial charge in [0.05, 0.1) is 21.4 Å². The number of imidazole rings is 1. The Hall–Kier alpha value is -1.23. The maximum absolute atomic E-state index is 12.0. The summed E-state index contributed by atoms with van der Waals surface area (Å²) in [7, 11) is 3.53. The third-order valence-corrected chi connectivity index (χ3v) is 6.12. The molecular weight excluding hydrogens is 327 g/mol. The molecule has 0 spiro atoms. The molecule has 1 aromatic carbocycles. The number of hydrogen-bond acceptors (Lipinski definition) is 2. The number of thiophene rings is 1. The molecule has 0 radical (unpaired) electrons. The minimum Gasteiger partial charge on any atom is -0.295 e. The highest BCUT2D eigenvalue weighted by molar-refractivity contribution is 7.11. The lowest BCUT2D eigenvalue weighted by atomic mass is 10.1. The van der Waals surface area contributed by atoms with Gasteiger partial charge in [-0.15, -0.1) is 22.9 Å². The van der Waals surface area contributed by atoms with E-state index >= 15 is 0 Å². The van der Waals surface area contributed by atoms with Crippen LogP contribution in [-0.2, 0) is 14.1 Å². The second kappa shape index (κ2) is 5.20. The molecule has 1 atom stereocenters. The van der Waals surface area contributed by atoms with Gasteiger partial charge in [-0.25, -0.2) is 4.79 Å². The molecule has 3 nitrogen and oxygen atoms in total. The second-order valence-electron chi connectivity index (χ2n) is 5.11. The number of aryl methyl sites for hydroxylation is 3. The van der Waals surface area contributed by atoms with Crippen LogP contribution in [0.15, 0.2) is 28.4 Å². The van der Waals surface area contributed by atoms with Crippen LogP contribution in [0.1, 0.15) is 21.4 Å². The smallest absolute Gasteiger partial charge is 0.295 e. The van der Waals surface area contributed by atoms with Crippen molar-refractivity contribution in [3.63, 3.8) is 0 Å². The summed E-state index contributed by atoms with van der Waals surface area (Å²) in [5, 5.41) is 2.42. The Kier molecular flexibility index (Phi) is 3.64. The molecule has 0 fully saturated rings. The third-order valence-electron chi connectivity index (χ3n) is 3.74. The van der Waals surface area contributed by atoms with E-state index in [1.165, 1.54) is 0 Å². The topological polar surface area (TPSA) is 26.9 Å². The largest absolute Gasteiger partial charge is 0.328 e. The van der Waals surface area contributed by atoms with E-state index in [9.17, 15) is 4.79 Å². The van der Waals surface area contributed by atoms with E-state index in [-0.39, 0.29) is 11.1 Å². The number of hydrogen-bond donors (Lipinski definition) is 0. The zero-order valence-corrected chi connectivity index (χ0v) is 14.2. The summed E-state index contributed by atoms with van der Waals surface area (Å²) in [6, 6.07) is 5.83. The summed E-state index contributed by atoms with van der Waals surface area (Å²) in [4.78, 5) is 12.9. The van der Waals surface area contributed by atoms with Crippen LogP contribution < -0.4 is 5.69 Å². The first-order chi connectivity index (χ1) is 9.91. The standard InChI is InChI=1S/C15H14Cl2N2OS/c1-8-7-21-14(12(8)16)13(17)9-4-5-10-11(6-9)19(3)15(20)18(10)2/h4-7,13H,1-3H3. The number of alkyl halides is 1. The Morgan fingerprint density at radius 2 is 1.86 bits per heavy atom. The van der Waals surface area contributed by atoms with Crippen molar-refractivity contribution in [2.24, 2.45) is 14.1 Å². The Bertz CT molecular complexity index is 891. The van der Waals surface area contributed by atoms with Gasteiger partial charge < -0.3 is 0 Å². The van der Waals surface area contributed by atoms with E-state index in [0.717, 1.165) is 32.1 Å². The van der Waals surface area contributed by atoms with Crippen molar-refractivity contribution in [1.29, 1.82) is 0 Å². The molecule has 1 unspecified atom stereocenters. The van der Waals surface area contributed by atoms with Gasteiger partial charge in [-0.1, -0.05) is 17.7 Å². The minimum absolute atomic E-state index is 0.0433. The zero-order valence-electron chi connectivity index (χ0n) is 11.9. The molecule has 0 N–H and O–H groups in total. The molecule has 0 bridgehead atoms. The average Bonchev–Trinajstić information content (AvgIpc) is 2.92. The monoisotopic (exact) mass is 340 g/mol. The minimum atomic E-state index is -0.309. The summed E-state index contributed by atoms with van der Waals surface area (Å²) in [6.07, 6.45) is 0. The Morgan fingerprint density at radius 1 is 1.19 bits per heavy atom. The van der Waals surface area contributed by atoms with Crippen LogP contribution in [0.4, 0.5) is 0 Å². The number of halogens is 2. The van der Waals surface area contributed by atoms with Gasteiger partial charge in [0, 0.05) is 19.0 Å². The molecule has 0 amide bonds. The Balaban J connectivity index is 2.15. The van der Waals surface area contributed by atoms with Crippen LogP contribution in [0.2, 0.25) is 5.02 Å². The lowest BCUT2D eigenvalue weighted by molar-refractivity contribution is 0.795. The highest BCUT2D eigenvalue weighted by Crippen LogP contribution is 2.40. The molecule has 0 aliphatic carbocycles. The van der Waals surface area contributed by atoms with Gasteiger partial charge in [0.1, 0.15) is 0 Å². The number of benzene rings is 1. The molecule has 6 heteroatoms. The maximum atomic E-state index is 12.0. The fourth-order valence-electron chi connectivity index (χ4n) is 2.45. The summed E-state index contributed by atoms with van der Waals surface area (Å²) in [5.41, 5.74) is 3.70. The molecule has 0 saturated heterocycles. The van der Waals surface area contributed by atoms with Gasteiger partial charge in [-0.2, -0.15) is 0 Å². The van der Waals surface area contributed by atoms with Gasteiger partial charge in [0.15, 0.2) is 0 Å². The second-order valence-corrected chi connectivity index (χ2v) is 6.83. The molecule has 0 aliphatic heterocycles. The number of nitrogens with zero attached hydrogens (tertiary/aromatic N) is 2. The van der Waals surface area contributed by atoms with Crippen LogP contribution >= 0.6 is 34.5 Å². The van der Waals surface area contributed by atoms with Gasteiger partial charge in [-0.3, -0.25) is 9.13 Å². The molecule has 3 rings (SSSR count). The van der Waals surface area contributed by atoms with Gasteiger partial charge in [0.25, 0.3) is 0 Å². The predicted molar refractivity (Wildman–Crippen MR) is 89.9 cm³/mol. The zero-order chi connectivity index (χ0) is 15.3. The van der Waals surface area contributed by atoms with E-state index in [1.54, 1.807) is 34.6 Å². The predicted octanol–water partition coefficient (Wildman–Crippen LogP) is 4.23. The molecule has 3 aromatic rings. The van der Waals surface area contributed by atoms with Crippen LogP contribution in [-0.4, -0.2) is 9.13 Å². The number of fused-ring (bicyclic) bond motifs is 1. The molecule has 110 valence electrons. The maximum Gasteiger partial charge on any atom is 0.328 e. The lowest BCUT2D eigenvalue weighted by Crippen LogP contribution is -2.19. The molecule has 0 aliphatic rings. The molecule has 21 heavy (non-hydrogen) atoms. The van der Waals surface area contributed by atoms with Crippen LogP contribution in [0, 0.1) is 6.92 Å². The van der Waals surface area contributed by atoms with Crippen molar-refractivity contribution in [1.82, 2.24) is 9.13 Å². The van der Waals surface area contributed by atoms with Gasteiger partial charge in [0.2, 0.25) is 0 Å². The quantitative estimate of drug-likeness (QED) is 0.641. The van der Waals surface area contributed by atoms with Crippen molar-refractivity contribution < 1.29 is 0 Å². The molecule has 2 heterocycles. The Morgan fingerprint density at radius 3 is 2.48 bits per heavy atom. The normalized spacial score (nSPS) is 13.0. The fraction of sp³-hybridized carbons (Fsp3) is 0.267. The van der Waals surface area contributed by atoms with Crippen LogP contribution in [0.5, 0.6) is 0 Å². The Labute approximate surface area is 136 Å². The van der Waals surface area contributed by atoms with Crippen molar-refractivity contribution >= 4 is 45.6 Å². The molecule has 2 aromatic heterocycles. The summed E-state index contributed by atoms with van der Waals surface area (Å²) in [6.45, 7) is 1.97. The molecular formula is C15H14Cl2N2OS. The lowest BCUT2D eigenvalue weighted by Gasteiger charge is -2.09. The summed E-state index contributed by atoms with van der Waals surface area (Å²) >= 11 is 14.4. The first-order valence-electron chi connectivity index (χ1n) is 6.44. The van der Waals surface area contributed by atoms with E-state index in [0.29, 0.717) is 0 Å². The highest BCUT2D eigenvalue weighted by Gasteiger charge is 2.19. The van der Waals surface area contributed by atoms with E-state index in [4.69, 9.17) is 23.2 Å². The van der Waals surface area contributed by atoms with Gasteiger partial charge in [-0.05, 0) is 35.6 Å². The van der Waals surface area contributed by atoms with E-state index in [1.807, 2.05) is 30.5 Å². The van der Waals surface area contributed by atoms with Crippen LogP contribution in [0.25, 0.3) is 11.0 Å². The number of aromatic nitrogens is 2. The van der Waals surface area contributed by atoms with Crippen molar-refractivity contribution in [3.05, 3.63) is 55.1 Å². The first kappa shape index (κ1) is 14.7. The highest BCUT2D eigenvalue weighted by atomic mass is 35.5. The first-order valence-corrected chi connectivity index (χ1v) is 8.14. The van der Waals surface area contributed by atoms with E-state index in [2.05, 4.69) is 0 Å². The number of rotatable bonds is 2. The van der Waals surface area contributed by atoms with E-state index < -0.39 is 0 Å². The third kappa shape index (κ3) is 2.22. The SMILES string of the molecule is Cc1csc(C(Cl)c2ccc3c(c2)n(C)c(=O)n3C)c1Cl.